The lowest BCUT2D eigenvalue weighted by Gasteiger charge is -2.12. The number of ether oxygens (including phenoxy) is 2. The molecule has 2 aromatic rings. The van der Waals surface area contributed by atoms with Crippen LogP contribution in [0.1, 0.15) is 27.3 Å². The van der Waals surface area contributed by atoms with E-state index in [1.165, 1.54) is 26.0 Å². The Bertz CT molecular complexity index is 981. The molecule has 0 N–H and O–H groups in total. The molecule has 0 atom stereocenters. The number of hydrogen-bond donors (Lipinski definition) is 0. The first-order chi connectivity index (χ1) is 12.7. The smallest absolute Gasteiger partial charge is 0.406 e. The first-order valence-corrected chi connectivity index (χ1v) is 8.00. The van der Waals surface area contributed by atoms with Crippen LogP contribution in [-0.4, -0.2) is 23.3 Å². The number of Topliss-reactive ketones (excluding diaryl/α,β-unsaturated/α-hetero) is 1. The van der Waals surface area contributed by atoms with Crippen LogP contribution in [0.4, 0.5) is 13.2 Å². The maximum atomic E-state index is 12.8. The number of aromatic nitrogens is 1. The van der Waals surface area contributed by atoms with E-state index in [2.05, 4.69) is 0 Å². The minimum Gasteiger partial charge on any atom is -0.454 e. The SMILES string of the molecule is Cc1cc(C(=O)/C(C#N)=C\c2cccc3c2OCO3)c(C)n1CC(F)(F)F. The molecule has 0 fully saturated rings. The Morgan fingerprint density at radius 1 is 1.33 bits per heavy atom. The number of rotatable bonds is 4. The first-order valence-electron chi connectivity index (χ1n) is 8.00. The van der Waals surface area contributed by atoms with Crippen LogP contribution in [0.25, 0.3) is 6.08 Å². The van der Waals surface area contributed by atoms with E-state index in [0.717, 1.165) is 4.57 Å². The van der Waals surface area contributed by atoms with Crippen molar-refractivity contribution in [3.8, 4) is 17.6 Å². The topological polar surface area (TPSA) is 64.2 Å². The predicted molar refractivity (Wildman–Crippen MR) is 90.4 cm³/mol. The highest BCUT2D eigenvalue weighted by molar-refractivity contribution is 6.15. The molecule has 2 heterocycles. The van der Waals surface area contributed by atoms with E-state index in [9.17, 15) is 23.2 Å². The molecule has 0 aliphatic carbocycles. The molecule has 0 saturated heterocycles. The number of para-hydroxylation sites is 1. The van der Waals surface area contributed by atoms with Gasteiger partial charge < -0.3 is 14.0 Å². The molecule has 1 aromatic carbocycles. The molecule has 0 saturated carbocycles. The number of nitrogens with zero attached hydrogens (tertiary/aromatic N) is 2. The maximum Gasteiger partial charge on any atom is 0.406 e. The number of halogens is 3. The predicted octanol–water partition coefficient (Wildman–Crippen LogP) is 4.19. The fraction of sp³-hybridized carbons (Fsp3) is 0.263. The standard InChI is InChI=1S/C19H15F3N2O3/c1-11-6-15(12(2)24(11)9-19(20,21)22)17(25)14(8-23)7-13-4-3-5-16-18(13)27-10-26-16/h3-7H,9-10H2,1-2H3/b14-7-. The molecule has 0 bridgehead atoms. The molecule has 5 nitrogen and oxygen atoms in total. The number of benzene rings is 1. The quantitative estimate of drug-likeness (QED) is 0.456. The van der Waals surface area contributed by atoms with Crippen molar-refractivity contribution in [3.05, 3.63) is 52.4 Å². The third-order valence-corrected chi connectivity index (χ3v) is 4.25. The number of hydrogen-bond acceptors (Lipinski definition) is 4. The van der Waals surface area contributed by atoms with Crippen LogP contribution in [0.3, 0.4) is 0 Å². The summed E-state index contributed by atoms with van der Waals surface area (Å²) in [5, 5.41) is 9.42. The number of alkyl halides is 3. The van der Waals surface area contributed by atoms with Gasteiger partial charge in [0.05, 0.1) is 0 Å². The Morgan fingerprint density at radius 3 is 2.74 bits per heavy atom. The number of ketones is 1. The highest BCUT2D eigenvalue weighted by Crippen LogP contribution is 2.36. The Balaban J connectivity index is 1.99. The number of carbonyl (C=O) groups is 1. The largest absolute Gasteiger partial charge is 0.454 e. The van der Waals surface area contributed by atoms with Gasteiger partial charge in [-0.1, -0.05) is 12.1 Å². The fourth-order valence-corrected chi connectivity index (χ4v) is 2.97. The number of carbonyl (C=O) groups excluding carboxylic acids is 1. The zero-order valence-electron chi connectivity index (χ0n) is 14.6. The van der Waals surface area contributed by atoms with Gasteiger partial charge in [0.25, 0.3) is 0 Å². The number of fused-ring (bicyclic) bond motifs is 1. The summed E-state index contributed by atoms with van der Waals surface area (Å²) in [7, 11) is 0. The molecule has 0 unspecified atom stereocenters. The molecule has 0 spiro atoms. The molecule has 140 valence electrons. The molecular weight excluding hydrogens is 361 g/mol. The van der Waals surface area contributed by atoms with Gasteiger partial charge in [0.2, 0.25) is 12.6 Å². The van der Waals surface area contributed by atoms with Crippen molar-refractivity contribution in [2.24, 2.45) is 0 Å². The van der Waals surface area contributed by atoms with Gasteiger partial charge in [-0.25, -0.2) is 0 Å². The molecule has 3 rings (SSSR count). The normalized spacial score (nSPS) is 13.6. The highest BCUT2D eigenvalue weighted by atomic mass is 19.4. The van der Waals surface area contributed by atoms with Gasteiger partial charge in [0.15, 0.2) is 11.5 Å². The van der Waals surface area contributed by atoms with Crippen LogP contribution in [0.5, 0.6) is 11.5 Å². The van der Waals surface area contributed by atoms with E-state index in [-0.39, 0.29) is 23.6 Å². The van der Waals surface area contributed by atoms with Crippen molar-refractivity contribution in [2.45, 2.75) is 26.6 Å². The van der Waals surface area contributed by atoms with E-state index < -0.39 is 18.5 Å². The Labute approximate surface area is 153 Å². The number of allylic oxidation sites excluding steroid dienone is 1. The average Bonchev–Trinajstić information content (AvgIpc) is 3.18. The molecular formula is C19H15F3N2O3. The van der Waals surface area contributed by atoms with Crippen LogP contribution in [0, 0.1) is 25.2 Å². The van der Waals surface area contributed by atoms with Gasteiger partial charge in [-0.3, -0.25) is 4.79 Å². The van der Waals surface area contributed by atoms with Crippen molar-refractivity contribution in [1.29, 1.82) is 5.26 Å². The lowest BCUT2D eigenvalue weighted by molar-refractivity contribution is -0.141. The second-order valence-corrected chi connectivity index (χ2v) is 6.07. The third-order valence-electron chi connectivity index (χ3n) is 4.25. The van der Waals surface area contributed by atoms with E-state index >= 15 is 0 Å². The molecule has 1 aliphatic rings. The molecule has 0 amide bonds. The highest BCUT2D eigenvalue weighted by Gasteiger charge is 2.31. The van der Waals surface area contributed by atoms with E-state index in [4.69, 9.17) is 9.47 Å². The Kier molecular flexibility index (Phi) is 4.70. The summed E-state index contributed by atoms with van der Waals surface area (Å²) >= 11 is 0. The third kappa shape index (κ3) is 3.67. The Hall–Kier alpha value is -3.21. The van der Waals surface area contributed by atoms with Crippen LogP contribution in [0.2, 0.25) is 0 Å². The molecule has 1 aromatic heterocycles. The second-order valence-electron chi connectivity index (χ2n) is 6.07. The summed E-state index contributed by atoms with van der Waals surface area (Å²) in [6.07, 6.45) is -3.06. The van der Waals surface area contributed by atoms with Crippen molar-refractivity contribution < 1.29 is 27.4 Å². The average molecular weight is 376 g/mol. The summed E-state index contributed by atoms with van der Waals surface area (Å²) in [4.78, 5) is 12.8. The van der Waals surface area contributed by atoms with Crippen molar-refractivity contribution in [1.82, 2.24) is 4.57 Å². The van der Waals surface area contributed by atoms with Gasteiger partial charge in [-0.05, 0) is 32.1 Å². The zero-order chi connectivity index (χ0) is 19.8. The minimum absolute atomic E-state index is 0.0363. The first kappa shape index (κ1) is 18.6. The summed E-state index contributed by atoms with van der Waals surface area (Å²) in [6.45, 7) is 1.76. The van der Waals surface area contributed by atoms with Crippen molar-refractivity contribution in [3.63, 3.8) is 0 Å². The van der Waals surface area contributed by atoms with Gasteiger partial charge in [-0.2, -0.15) is 18.4 Å². The monoisotopic (exact) mass is 376 g/mol. The van der Waals surface area contributed by atoms with Crippen LogP contribution in [-0.2, 0) is 6.54 Å². The van der Waals surface area contributed by atoms with Crippen LogP contribution >= 0.6 is 0 Å². The molecule has 27 heavy (non-hydrogen) atoms. The molecule has 8 heteroatoms. The molecule has 1 aliphatic heterocycles. The lowest BCUT2D eigenvalue weighted by atomic mass is 10.0. The summed E-state index contributed by atoms with van der Waals surface area (Å²) < 4.78 is 49.9. The summed E-state index contributed by atoms with van der Waals surface area (Å²) in [5.41, 5.74) is 0.802. The number of aryl methyl sites for hydroxylation is 1. The van der Waals surface area contributed by atoms with E-state index in [0.29, 0.717) is 22.8 Å². The van der Waals surface area contributed by atoms with E-state index in [1.807, 2.05) is 6.07 Å². The van der Waals surface area contributed by atoms with Crippen molar-refractivity contribution in [2.75, 3.05) is 6.79 Å². The van der Waals surface area contributed by atoms with Gasteiger partial charge >= 0.3 is 6.18 Å². The van der Waals surface area contributed by atoms with Crippen LogP contribution in [0.15, 0.2) is 29.8 Å². The van der Waals surface area contributed by atoms with Crippen molar-refractivity contribution >= 4 is 11.9 Å². The number of nitriles is 1. The summed E-state index contributed by atoms with van der Waals surface area (Å²) in [5.74, 6) is 0.271. The van der Waals surface area contributed by atoms with Gasteiger partial charge in [0.1, 0.15) is 18.2 Å². The second kappa shape index (κ2) is 6.83. The lowest BCUT2D eigenvalue weighted by Crippen LogP contribution is -2.19. The maximum absolute atomic E-state index is 12.8. The zero-order valence-corrected chi connectivity index (χ0v) is 14.6. The molecule has 0 radical (unpaired) electrons. The van der Waals surface area contributed by atoms with Gasteiger partial charge in [-0.15, -0.1) is 0 Å². The Morgan fingerprint density at radius 2 is 2.07 bits per heavy atom. The minimum atomic E-state index is -4.41. The van der Waals surface area contributed by atoms with Gasteiger partial charge in [0, 0.05) is 22.5 Å². The summed E-state index contributed by atoms with van der Waals surface area (Å²) in [6, 6.07) is 8.23. The van der Waals surface area contributed by atoms with Crippen LogP contribution < -0.4 is 9.47 Å². The van der Waals surface area contributed by atoms with E-state index in [1.54, 1.807) is 18.2 Å². The fourth-order valence-electron chi connectivity index (χ4n) is 2.97.